The van der Waals surface area contributed by atoms with E-state index in [9.17, 15) is 18.0 Å². The molecule has 1 amide bonds. The van der Waals surface area contributed by atoms with Gasteiger partial charge < -0.3 is 19.3 Å². The summed E-state index contributed by atoms with van der Waals surface area (Å²) in [4.78, 5) is 26.5. The Labute approximate surface area is 228 Å². The van der Waals surface area contributed by atoms with Gasteiger partial charge in [-0.05, 0) is 74.2 Å². The second-order valence-electron chi connectivity index (χ2n) is 10.7. The third-order valence-electron chi connectivity index (χ3n) is 8.14. The summed E-state index contributed by atoms with van der Waals surface area (Å²) in [6.07, 6.45) is 5.79. The molecule has 1 aliphatic heterocycles. The molecule has 0 saturated heterocycles. The Balaban J connectivity index is 1.69. The zero-order valence-corrected chi connectivity index (χ0v) is 23.4. The lowest BCUT2D eigenvalue weighted by atomic mass is 9.81. The Morgan fingerprint density at radius 2 is 1.82 bits per heavy atom. The molecule has 2 heterocycles. The van der Waals surface area contributed by atoms with Gasteiger partial charge in [0.25, 0.3) is 5.91 Å². The van der Waals surface area contributed by atoms with E-state index in [1.54, 1.807) is 19.2 Å². The lowest BCUT2D eigenvalue weighted by molar-refractivity contribution is -0.136. The number of rotatable bonds is 6. The molecule has 1 fully saturated rings. The summed E-state index contributed by atoms with van der Waals surface area (Å²) in [5.41, 5.74) is 5.81. The van der Waals surface area contributed by atoms with Gasteiger partial charge in [0.2, 0.25) is 10.0 Å². The number of ether oxygens (including phenoxy) is 1. The number of amides is 1. The second kappa shape index (κ2) is 10.7. The molecule has 2 aliphatic rings. The summed E-state index contributed by atoms with van der Waals surface area (Å²) in [5, 5.41) is 8.46. The number of fused-ring (bicyclic) bond motifs is 5. The number of sulfonamides is 1. The molecule has 3 aromatic rings. The van der Waals surface area contributed by atoms with Crippen LogP contribution in [0, 0.1) is 0 Å². The van der Waals surface area contributed by atoms with Gasteiger partial charge in [-0.2, -0.15) is 0 Å². The number of carboxylic acid groups (broad SMARTS) is 1. The number of likely N-dealkylation sites (N-methyl/N-ethyl adjacent to an activating group) is 1. The van der Waals surface area contributed by atoms with Crippen molar-refractivity contribution in [3.8, 4) is 17.0 Å². The third-order valence-corrected chi connectivity index (χ3v) is 9.74. The van der Waals surface area contributed by atoms with E-state index in [1.165, 1.54) is 30.4 Å². The topological polar surface area (TPSA) is 118 Å². The van der Waals surface area contributed by atoms with E-state index in [0.717, 1.165) is 60.8 Å². The molecule has 208 valence electrons. The Hall–Kier alpha value is -3.37. The number of carbonyl (C=O) groups excluding carboxylic acids is 1. The maximum Gasteiger partial charge on any atom is 0.323 e. The first kappa shape index (κ1) is 27.2. The zero-order valence-electron chi connectivity index (χ0n) is 22.6. The minimum absolute atomic E-state index is 0.171. The molecule has 0 radical (unpaired) electrons. The van der Waals surface area contributed by atoms with Crippen LogP contribution in [0.1, 0.15) is 66.4 Å². The van der Waals surface area contributed by atoms with Crippen LogP contribution in [-0.4, -0.2) is 60.8 Å². The second-order valence-corrected chi connectivity index (χ2v) is 12.7. The van der Waals surface area contributed by atoms with Crippen LogP contribution in [-0.2, 0) is 27.9 Å². The Morgan fingerprint density at radius 1 is 1.08 bits per heavy atom. The monoisotopic (exact) mass is 553 g/mol. The molecule has 1 aromatic heterocycles. The molecule has 1 aliphatic carbocycles. The lowest BCUT2D eigenvalue weighted by Gasteiger charge is -2.28. The number of aromatic nitrogens is 1. The standard InChI is InChI=1S/C29H35N3O6S/c1-18(29(34)35)39(36,37)30-28(33)20-9-11-24-25(16-20)32-14-13-31(2)17-21-15-22(38-3)10-12-23(21)27(32)26(24)19-7-5-4-6-8-19/h9-12,15-16,18-19H,4-8,13-14,17H2,1-3H3,(H,30,33)(H,34,35). The van der Waals surface area contributed by atoms with Crippen molar-refractivity contribution in [2.75, 3.05) is 20.7 Å². The number of hydrogen-bond donors (Lipinski definition) is 2. The number of nitrogens with zero attached hydrogens (tertiary/aromatic N) is 2. The minimum Gasteiger partial charge on any atom is -0.497 e. The maximum absolute atomic E-state index is 13.0. The summed E-state index contributed by atoms with van der Waals surface area (Å²) in [5.74, 6) is -1.16. The van der Waals surface area contributed by atoms with Gasteiger partial charge in [0.1, 0.15) is 5.75 Å². The zero-order chi connectivity index (χ0) is 27.9. The summed E-state index contributed by atoms with van der Waals surface area (Å²) < 4.78 is 34.6. The number of methoxy groups -OCH3 is 1. The van der Waals surface area contributed by atoms with E-state index < -0.39 is 27.1 Å². The smallest absolute Gasteiger partial charge is 0.323 e. The Morgan fingerprint density at radius 3 is 2.51 bits per heavy atom. The summed E-state index contributed by atoms with van der Waals surface area (Å²) in [6, 6.07) is 11.5. The highest BCUT2D eigenvalue weighted by molar-refractivity contribution is 7.91. The number of aliphatic carboxylic acids is 1. The SMILES string of the molecule is COc1ccc2c(c1)CN(C)CCn1c-2c(C2CCCCC2)c2ccc(C(=O)NS(=O)(=O)C(C)C(=O)O)cc21. The van der Waals surface area contributed by atoms with Gasteiger partial charge in [0.05, 0.1) is 12.8 Å². The molecule has 0 bridgehead atoms. The maximum atomic E-state index is 13.0. The van der Waals surface area contributed by atoms with Crippen molar-refractivity contribution in [3.05, 3.63) is 53.1 Å². The van der Waals surface area contributed by atoms with Crippen LogP contribution in [0.15, 0.2) is 36.4 Å². The van der Waals surface area contributed by atoms with Crippen molar-refractivity contribution in [3.63, 3.8) is 0 Å². The first-order chi connectivity index (χ1) is 18.6. The molecule has 0 spiro atoms. The molecule has 1 atom stereocenters. The predicted molar refractivity (Wildman–Crippen MR) is 150 cm³/mol. The number of carbonyl (C=O) groups is 2. The molecule has 2 N–H and O–H groups in total. The summed E-state index contributed by atoms with van der Waals surface area (Å²) in [7, 11) is -0.630. The van der Waals surface area contributed by atoms with E-state index in [-0.39, 0.29) is 5.56 Å². The molecular weight excluding hydrogens is 518 g/mol. The quantitative estimate of drug-likeness (QED) is 0.466. The van der Waals surface area contributed by atoms with Gasteiger partial charge >= 0.3 is 5.97 Å². The van der Waals surface area contributed by atoms with E-state index in [1.807, 2.05) is 16.9 Å². The van der Waals surface area contributed by atoms with Gasteiger partial charge in [0, 0.05) is 41.7 Å². The average molecular weight is 554 g/mol. The van der Waals surface area contributed by atoms with Crippen LogP contribution in [0.3, 0.4) is 0 Å². The van der Waals surface area contributed by atoms with Gasteiger partial charge in [-0.15, -0.1) is 0 Å². The number of nitrogens with one attached hydrogen (secondary N) is 1. The fourth-order valence-corrected chi connectivity index (χ4v) is 6.77. The highest BCUT2D eigenvalue weighted by Crippen LogP contribution is 2.46. The highest BCUT2D eigenvalue weighted by atomic mass is 32.2. The van der Waals surface area contributed by atoms with Crippen molar-refractivity contribution >= 4 is 32.8 Å². The Kier molecular flexibility index (Phi) is 7.43. The first-order valence-electron chi connectivity index (χ1n) is 13.4. The minimum atomic E-state index is -4.38. The molecule has 5 rings (SSSR count). The number of carboxylic acids is 1. The van der Waals surface area contributed by atoms with Crippen molar-refractivity contribution in [1.29, 1.82) is 0 Å². The van der Waals surface area contributed by atoms with Crippen LogP contribution in [0.5, 0.6) is 5.75 Å². The Bertz CT molecular complexity index is 1540. The third kappa shape index (κ3) is 5.15. The molecule has 1 saturated carbocycles. The molecule has 9 nitrogen and oxygen atoms in total. The highest BCUT2D eigenvalue weighted by Gasteiger charge is 2.32. The van der Waals surface area contributed by atoms with Crippen LogP contribution in [0.4, 0.5) is 0 Å². The van der Waals surface area contributed by atoms with E-state index >= 15 is 0 Å². The van der Waals surface area contributed by atoms with Crippen LogP contribution in [0.2, 0.25) is 0 Å². The van der Waals surface area contributed by atoms with E-state index in [2.05, 4.69) is 28.6 Å². The van der Waals surface area contributed by atoms with Gasteiger partial charge in [-0.1, -0.05) is 25.3 Å². The largest absolute Gasteiger partial charge is 0.497 e. The van der Waals surface area contributed by atoms with Crippen LogP contribution in [0.25, 0.3) is 22.2 Å². The normalized spacial score (nSPS) is 17.5. The predicted octanol–water partition coefficient (Wildman–Crippen LogP) is 4.34. The van der Waals surface area contributed by atoms with Crippen molar-refractivity contribution < 1.29 is 27.9 Å². The fraction of sp³-hybridized carbons (Fsp3) is 0.448. The molecule has 39 heavy (non-hydrogen) atoms. The number of hydrogen-bond acceptors (Lipinski definition) is 6. The van der Waals surface area contributed by atoms with Crippen LogP contribution < -0.4 is 9.46 Å². The number of benzene rings is 2. The van der Waals surface area contributed by atoms with Gasteiger partial charge in [-0.3, -0.25) is 9.59 Å². The van der Waals surface area contributed by atoms with Gasteiger partial charge in [-0.25, -0.2) is 13.1 Å². The first-order valence-corrected chi connectivity index (χ1v) is 15.0. The molecule has 1 unspecified atom stereocenters. The van der Waals surface area contributed by atoms with Crippen molar-refractivity contribution in [2.45, 2.75) is 63.3 Å². The summed E-state index contributed by atoms with van der Waals surface area (Å²) in [6.45, 7) is 3.32. The molecular formula is C29H35N3O6S. The van der Waals surface area contributed by atoms with Gasteiger partial charge in [0.15, 0.2) is 5.25 Å². The molecule has 10 heteroatoms. The van der Waals surface area contributed by atoms with Crippen LogP contribution >= 0.6 is 0 Å². The molecule has 2 aromatic carbocycles. The average Bonchev–Trinajstić information content (AvgIpc) is 3.23. The lowest BCUT2D eigenvalue weighted by Crippen LogP contribution is -2.40. The van der Waals surface area contributed by atoms with E-state index in [0.29, 0.717) is 12.5 Å². The van der Waals surface area contributed by atoms with E-state index in [4.69, 9.17) is 9.84 Å². The van der Waals surface area contributed by atoms with Crippen molar-refractivity contribution in [1.82, 2.24) is 14.2 Å². The van der Waals surface area contributed by atoms with Crippen molar-refractivity contribution in [2.24, 2.45) is 0 Å². The summed E-state index contributed by atoms with van der Waals surface area (Å²) >= 11 is 0. The fourth-order valence-electron chi connectivity index (χ4n) is 5.95.